The fourth-order valence-electron chi connectivity index (χ4n) is 2.49. The monoisotopic (exact) mass is 332 g/mol. The molecule has 2 amide bonds. The van der Waals surface area contributed by atoms with Crippen LogP contribution in [0.5, 0.6) is 0 Å². The summed E-state index contributed by atoms with van der Waals surface area (Å²) in [6.45, 7) is 4.10. The first kappa shape index (κ1) is 18.0. The molecule has 0 spiro atoms. The van der Waals surface area contributed by atoms with Gasteiger partial charge in [-0.3, -0.25) is 4.79 Å². The van der Waals surface area contributed by atoms with Gasteiger partial charge in [0.2, 0.25) is 5.91 Å². The Labute approximate surface area is 141 Å². The van der Waals surface area contributed by atoms with Crippen molar-refractivity contribution in [2.24, 2.45) is 0 Å². The third-order valence-electron chi connectivity index (χ3n) is 3.97. The van der Waals surface area contributed by atoms with E-state index in [-0.39, 0.29) is 25.0 Å². The first-order valence-corrected chi connectivity index (χ1v) is 7.77. The molecule has 1 aromatic carbocycles. The molecule has 1 fully saturated rings. The van der Waals surface area contributed by atoms with Crippen LogP contribution in [0.4, 0.5) is 4.79 Å². The number of amides is 2. The van der Waals surface area contributed by atoms with Crippen LogP contribution in [0.15, 0.2) is 43.0 Å². The Kier molecular flexibility index (Phi) is 6.40. The summed E-state index contributed by atoms with van der Waals surface area (Å²) >= 11 is 0. The molecule has 0 radical (unpaired) electrons. The number of alkyl carbamates (subject to hydrolysis) is 1. The van der Waals surface area contributed by atoms with Crippen LogP contribution in [-0.4, -0.2) is 59.2 Å². The van der Waals surface area contributed by atoms with Gasteiger partial charge in [0.05, 0.1) is 12.0 Å². The second-order valence-electron chi connectivity index (χ2n) is 5.63. The maximum absolute atomic E-state index is 11.9. The lowest BCUT2D eigenvalue weighted by Gasteiger charge is -2.39. The number of hydrogen-bond donors (Lipinski definition) is 3. The fourth-order valence-corrected chi connectivity index (χ4v) is 2.49. The summed E-state index contributed by atoms with van der Waals surface area (Å²) in [4.78, 5) is 24.9. The maximum atomic E-state index is 11.9. The van der Waals surface area contributed by atoms with Crippen molar-refractivity contribution >= 4 is 19.1 Å². The molecule has 128 valence electrons. The summed E-state index contributed by atoms with van der Waals surface area (Å²) in [5.74, 6) is -1.07. The Morgan fingerprint density at radius 3 is 2.67 bits per heavy atom. The molecular formula is C16H21BN2O5. The third kappa shape index (κ3) is 4.84. The Morgan fingerprint density at radius 1 is 1.42 bits per heavy atom. The van der Waals surface area contributed by atoms with Crippen molar-refractivity contribution in [3.63, 3.8) is 0 Å². The van der Waals surface area contributed by atoms with Crippen LogP contribution in [-0.2, 0) is 16.0 Å². The number of ether oxygens (including phenoxy) is 1. The van der Waals surface area contributed by atoms with E-state index in [1.807, 2.05) is 30.3 Å². The lowest BCUT2D eigenvalue weighted by atomic mass is 9.76. The number of likely N-dealkylation sites (tertiary alicyclic amines) is 1. The number of carbonyl (C=O) groups is 2. The molecule has 3 N–H and O–H groups in total. The third-order valence-corrected chi connectivity index (χ3v) is 3.97. The van der Waals surface area contributed by atoms with Gasteiger partial charge in [-0.1, -0.05) is 36.9 Å². The summed E-state index contributed by atoms with van der Waals surface area (Å²) in [7, 11) is -1.71. The predicted octanol–water partition coefficient (Wildman–Crippen LogP) is 0.123. The van der Waals surface area contributed by atoms with Crippen molar-refractivity contribution in [1.29, 1.82) is 0 Å². The maximum Gasteiger partial charge on any atom is 0.475 e. The Hall–Kier alpha value is -2.32. The largest absolute Gasteiger partial charge is 0.475 e. The smallest absolute Gasteiger partial charge is 0.447 e. The molecule has 2 atom stereocenters. The SMILES string of the molecule is C=CC(=O)N1CCC1COC(=O)N[C@@H](Cc1ccccc1)B(O)O. The van der Waals surface area contributed by atoms with Gasteiger partial charge >= 0.3 is 13.2 Å². The molecule has 1 unspecified atom stereocenters. The molecule has 0 aliphatic carbocycles. The zero-order valence-corrected chi connectivity index (χ0v) is 13.3. The topological polar surface area (TPSA) is 99.1 Å². The number of rotatable bonds is 7. The van der Waals surface area contributed by atoms with Gasteiger partial charge in [0.1, 0.15) is 6.61 Å². The van der Waals surface area contributed by atoms with Gasteiger partial charge in [0.25, 0.3) is 0 Å². The Morgan fingerprint density at radius 2 is 2.12 bits per heavy atom. The minimum Gasteiger partial charge on any atom is -0.447 e. The van der Waals surface area contributed by atoms with E-state index >= 15 is 0 Å². The first-order chi connectivity index (χ1) is 11.5. The molecule has 8 heteroatoms. The van der Waals surface area contributed by atoms with Gasteiger partial charge in [-0.05, 0) is 24.5 Å². The van der Waals surface area contributed by atoms with Crippen LogP contribution in [0.1, 0.15) is 12.0 Å². The molecule has 1 aliphatic rings. The highest BCUT2D eigenvalue weighted by Gasteiger charge is 2.32. The summed E-state index contributed by atoms with van der Waals surface area (Å²) in [5, 5.41) is 21.3. The van der Waals surface area contributed by atoms with Crippen LogP contribution in [0.2, 0.25) is 0 Å². The predicted molar refractivity (Wildman–Crippen MR) is 88.9 cm³/mol. The Balaban J connectivity index is 1.81. The van der Waals surface area contributed by atoms with Crippen LogP contribution >= 0.6 is 0 Å². The minimum atomic E-state index is -1.71. The molecule has 0 bridgehead atoms. The number of hydrogen-bond acceptors (Lipinski definition) is 5. The van der Waals surface area contributed by atoms with Crippen molar-refractivity contribution in [2.45, 2.75) is 24.8 Å². The molecule has 24 heavy (non-hydrogen) atoms. The van der Waals surface area contributed by atoms with Crippen molar-refractivity contribution in [3.8, 4) is 0 Å². The van der Waals surface area contributed by atoms with Gasteiger partial charge in [-0.2, -0.15) is 0 Å². The standard InChI is InChI=1S/C16H21BN2O5/c1-2-15(20)19-9-8-13(19)11-24-16(21)18-14(17(22)23)10-12-6-4-3-5-7-12/h2-7,13-14,22-23H,1,8-11H2,(H,18,21)/t13?,14-/m0/s1. The van der Waals surface area contributed by atoms with E-state index in [1.54, 1.807) is 4.90 Å². The van der Waals surface area contributed by atoms with E-state index < -0.39 is 19.2 Å². The van der Waals surface area contributed by atoms with E-state index in [1.165, 1.54) is 6.08 Å². The van der Waals surface area contributed by atoms with Crippen LogP contribution in [0.3, 0.4) is 0 Å². The molecule has 1 aromatic rings. The molecule has 2 rings (SSSR count). The molecular weight excluding hydrogens is 311 g/mol. The highest BCUT2D eigenvalue weighted by Crippen LogP contribution is 2.18. The zero-order chi connectivity index (χ0) is 17.5. The van der Waals surface area contributed by atoms with Crippen LogP contribution in [0.25, 0.3) is 0 Å². The molecule has 1 saturated heterocycles. The van der Waals surface area contributed by atoms with Gasteiger partial charge in [0, 0.05) is 6.54 Å². The molecule has 1 aliphatic heterocycles. The van der Waals surface area contributed by atoms with E-state index in [9.17, 15) is 19.6 Å². The second-order valence-corrected chi connectivity index (χ2v) is 5.63. The van der Waals surface area contributed by atoms with E-state index in [4.69, 9.17) is 4.74 Å². The van der Waals surface area contributed by atoms with E-state index in [0.29, 0.717) is 6.54 Å². The number of benzene rings is 1. The lowest BCUT2D eigenvalue weighted by molar-refractivity contribution is -0.134. The molecule has 0 saturated carbocycles. The van der Waals surface area contributed by atoms with Gasteiger partial charge in [-0.15, -0.1) is 0 Å². The van der Waals surface area contributed by atoms with Crippen LogP contribution < -0.4 is 5.32 Å². The van der Waals surface area contributed by atoms with Crippen LogP contribution in [0, 0.1) is 0 Å². The summed E-state index contributed by atoms with van der Waals surface area (Å²) in [5.41, 5.74) is 0.859. The lowest BCUT2D eigenvalue weighted by Crippen LogP contribution is -2.54. The summed E-state index contributed by atoms with van der Waals surface area (Å²) < 4.78 is 5.09. The Bertz CT molecular complexity index is 581. The van der Waals surface area contributed by atoms with E-state index in [2.05, 4.69) is 11.9 Å². The van der Waals surface area contributed by atoms with Crippen molar-refractivity contribution in [1.82, 2.24) is 10.2 Å². The zero-order valence-electron chi connectivity index (χ0n) is 13.3. The molecule has 0 aromatic heterocycles. The highest BCUT2D eigenvalue weighted by atomic mass is 16.5. The van der Waals surface area contributed by atoms with Crippen molar-refractivity contribution in [2.75, 3.05) is 13.2 Å². The average Bonchev–Trinajstić information content (AvgIpc) is 2.54. The quantitative estimate of drug-likeness (QED) is 0.487. The van der Waals surface area contributed by atoms with Gasteiger partial charge < -0.3 is 25.0 Å². The fraction of sp³-hybridized carbons (Fsp3) is 0.375. The van der Waals surface area contributed by atoms with Crippen molar-refractivity contribution < 1.29 is 24.4 Å². The first-order valence-electron chi connectivity index (χ1n) is 7.77. The highest BCUT2D eigenvalue weighted by molar-refractivity contribution is 6.43. The van der Waals surface area contributed by atoms with Gasteiger partial charge in [0.15, 0.2) is 0 Å². The number of carbonyl (C=O) groups excluding carboxylic acids is 2. The minimum absolute atomic E-state index is 0.0605. The second kappa shape index (κ2) is 8.51. The van der Waals surface area contributed by atoms with E-state index in [0.717, 1.165) is 12.0 Å². The molecule has 1 heterocycles. The van der Waals surface area contributed by atoms with Gasteiger partial charge in [-0.25, -0.2) is 4.79 Å². The normalized spacial score (nSPS) is 17.4. The number of nitrogens with one attached hydrogen (secondary N) is 1. The average molecular weight is 332 g/mol. The summed E-state index contributed by atoms with van der Waals surface area (Å²) in [6.07, 6.45) is 1.49. The van der Waals surface area contributed by atoms with Crippen molar-refractivity contribution in [3.05, 3.63) is 48.6 Å². The molecule has 7 nitrogen and oxygen atoms in total. The summed E-state index contributed by atoms with van der Waals surface area (Å²) in [6, 6.07) is 9.01. The number of nitrogens with zero attached hydrogens (tertiary/aromatic N) is 1.